The summed E-state index contributed by atoms with van der Waals surface area (Å²) in [5, 5.41) is 13.3. The Labute approximate surface area is 140 Å². The van der Waals surface area contributed by atoms with Crippen LogP contribution >= 0.6 is 0 Å². The third-order valence-electron chi connectivity index (χ3n) is 4.23. The maximum atomic E-state index is 11.4. The molecule has 0 radical (unpaired) electrons. The summed E-state index contributed by atoms with van der Waals surface area (Å²) in [5.41, 5.74) is 0.357. The van der Waals surface area contributed by atoms with E-state index < -0.39 is 0 Å². The van der Waals surface area contributed by atoms with Crippen LogP contribution in [0.3, 0.4) is 0 Å². The lowest BCUT2D eigenvalue weighted by Gasteiger charge is -2.32. The first-order valence-corrected chi connectivity index (χ1v) is 7.94. The lowest BCUT2D eigenvalue weighted by atomic mass is 9.98. The van der Waals surface area contributed by atoms with E-state index in [0.29, 0.717) is 24.0 Å². The maximum Gasteiger partial charge on any atom is 0.266 e. The largest absolute Gasteiger partial charge is 0.476 e. The van der Waals surface area contributed by atoms with Gasteiger partial charge in [-0.25, -0.2) is 9.67 Å². The molecule has 0 N–H and O–H groups in total. The van der Waals surface area contributed by atoms with Crippen molar-refractivity contribution in [2.75, 3.05) is 24.6 Å². The number of ether oxygens (including phenoxy) is 1. The summed E-state index contributed by atoms with van der Waals surface area (Å²) in [7, 11) is 1.66. The molecule has 0 aliphatic carbocycles. The van der Waals surface area contributed by atoms with Gasteiger partial charge in [-0.15, -0.1) is 0 Å². The van der Waals surface area contributed by atoms with Crippen molar-refractivity contribution in [3.63, 3.8) is 0 Å². The Balaban J connectivity index is 1.54. The molecule has 0 atom stereocenters. The number of anilines is 1. The number of hydrogen-bond donors (Lipinski definition) is 0. The molecule has 3 rings (SSSR count). The van der Waals surface area contributed by atoms with Crippen LogP contribution in [0.4, 0.5) is 5.82 Å². The predicted molar refractivity (Wildman–Crippen MR) is 88.9 cm³/mol. The van der Waals surface area contributed by atoms with Crippen LogP contribution in [0.25, 0.3) is 0 Å². The van der Waals surface area contributed by atoms with Gasteiger partial charge in [0.05, 0.1) is 6.61 Å². The van der Waals surface area contributed by atoms with E-state index in [1.54, 1.807) is 37.5 Å². The normalized spacial score (nSPS) is 15.1. The minimum absolute atomic E-state index is 0.106. The number of aryl methyl sites for hydroxylation is 1. The topological polar surface area (TPSA) is 84.0 Å². The van der Waals surface area contributed by atoms with E-state index in [-0.39, 0.29) is 5.56 Å². The van der Waals surface area contributed by atoms with Gasteiger partial charge in [0, 0.05) is 32.4 Å². The van der Waals surface area contributed by atoms with Crippen LogP contribution in [-0.2, 0) is 7.05 Å². The molecule has 2 aromatic heterocycles. The summed E-state index contributed by atoms with van der Waals surface area (Å²) in [6, 6.07) is 8.83. The Morgan fingerprint density at radius 3 is 2.83 bits per heavy atom. The van der Waals surface area contributed by atoms with Crippen molar-refractivity contribution in [3.05, 3.63) is 46.4 Å². The molecule has 0 unspecified atom stereocenters. The minimum atomic E-state index is -0.106. The van der Waals surface area contributed by atoms with Crippen molar-refractivity contribution in [3.8, 4) is 11.9 Å². The first-order chi connectivity index (χ1) is 11.7. The summed E-state index contributed by atoms with van der Waals surface area (Å²) >= 11 is 0. The zero-order chi connectivity index (χ0) is 16.9. The Hall–Kier alpha value is -2.88. The highest BCUT2D eigenvalue weighted by Crippen LogP contribution is 2.22. The quantitative estimate of drug-likeness (QED) is 0.843. The van der Waals surface area contributed by atoms with Crippen molar-refractivity contribution in [1.29, 1.82) is 5.26 Å². The second-order valence-electron chi connectivity index (χ2n) is 5.86. The first-order valence-electron chi connectivity index (χ1n) is 7.94. The Morgan fingerprint density at radius 1 is 1.33 bits per heavy atom. The van der Waals surface area contributed by atoms with E-state index in [9.17, 15) is 4.79 Å². The first kappa shape index (κ1) is 16.0. The van der Waals surface area contributed by atoms with Gasteiger partial charge in [-0.2, -0.15) is 10.4 Å². The van der Waals surface area contributed by atoms with Gasteiger partial charge >= 0.3 is 0 Å². The molecule has 1 fully saturated rings. The van der Waals surface area contributed by atoms with Gasteiger partial charge in [0.2, 0.25) is 5.88 Å². The highest BCUT2D eigenvalue weighted by Gasteiger charge is 2.21. The van der Waals surface area contributed by atoms with E-state index in [2.05, 4.69) is 21.1 Å². The lowest BCUT2D eigenvalue weighted by Crippen LogP contribution is -2.37. The SMILES string of the molecule is Cn1nc(N2CCC(COc3ncccc3C#N)CC2)ccc1=O. The molecule has 0 bridgehead atoms. The molecule has 0 aromatic carbocycles. The van der Waals surface area contributed by atoms with Crippen LogP contribution in [0.2, 0.25) is 0 Å². The highest BCUT2D eigenvalue weighted by atomic mass is 16.5. The zero-order valence-corrected chi connectivity index (χ0v) is 13.6. The number of piperidine rings is 1. The summed E-state index contributed by atoms with van der Waals surface area (Å²) in [6.45, 7) is 2.29. The Kier molecular flexibility index (Phi) is 4.75. The van der Waals surface area contributed by atoms with Gasteiger partial charge in [0.1, 0.15) is 17.5 Å². The molecule has 0 amide bonds. The van der Waals surface area contributed by atoms with Crippen molar-refractivity contribution < 1.29 is 4.74 Å². The van der Waals surface area contributed by atoms with Crippen LogP contribution in [-0.4, -0.2) is 34.5 Å². The van der Waals surface area contributed by atoms with Crippen LogP contribution in [0.15, 0.2) is 35.3 Å². The van der Waals surface area contributed by atoms with Crippen LogP contribution in [0.5, 0.6) is 5.88 Å². The summed E-state index contributed by atoms with van der Waals surface area (Å²) < 4.78 is 7.09. The molecule has 1 aliphatic rings. The standard InChI is InChI=1S/C17H19N5O2/c1-21-16(23)5-4-15(20-21)22-9-6-13(7-10-22)12-24-17-14(11-18)3-2-8-19-17/h2-5,8,13H,6-7,9-10,12H2,1H3. The Bertz CT molecular complexity index is 803. The maximum absolute atomic E-state index is 11.4. The molecule has 0 spiro atoms. The number of pyridine rings is 1. The van der Waals surface area contributed by atoms with E-state index in [1.165, 1.54) is 4.68 Å². The smallest absolute Gasteiger partial charge is 0.266 e. The van der Waals surface area contributed by atoms with Gasteiger partial charge in [-0.05, 0) is 37.0 Å². The summed E-state index contributed by atoms with van der Waals surface area (Å²) in [5.74, 6) is 1.65. The number of nitrogens with zero attached hydrogens (tertiary/aromatic N) is 5. The van der Waals surface area contributed by atoms with Crippen molar-refractivity contribution in [1.82, 2.24) is 14.8 Å². The Morgan fingerprint density at radius 2 is 2.12 bits per heavy atom. The van der Waals surface area contributed by atoms with Gasteiger partial charge in [0.25, 0.3) is 5.56 Å². The molecular formula is C17H19N5O2. The fourth-order valence-electron chi connectivity index (χ4n) is 2.78. The third-order valence-corrected chi connectivity index (χ3v) is 4.23. The number of hydrogen-bond acceptors (Lipinski definition) is 6. The fraction of sp³-hybridized carbons (Fsp3) is 0.412. The molecule has 2 aromatic rings. The monoisotopic (exact) mass is 325 g/mol. The minimum Gasteiger partial charge on any atom is -0.476 e. The molecule has 1 saturated heterocycles. The van der Waals surface area contributed by atoms with Crippen molar-refractivity contribution in [2.45, 2.75) is 12.8 Å². The van der Waals surface area contributed by atoms with E-state index in [0.717, 1.165) is 31.7 Å². The molecule has 3 heterocycles. The van der Waals surface area contributed by atoms with Crippen molar-refractivity contribution in [2.24, 2.45) is 13.0 Å². The van der Waals surface area contributed by atoms with E-state index in [4.69, 9.17) is 10.00 Å². The van der Waals surface area contributed by atoms with E-state index >= 15 is 0 Å². The van der Waals surface area contributed by atoms with Gasteiger partial charge in [-0.1, -0.05) is 0 Å². The average Bonchev–Trinajstić information content (AvgIpc) is 2.63. The summed E-state index contributed by atoms with van der Waals surface area (Å²) in [6.07, 6.45) is 3.57. The second-order valence-corrected chi connectivity index (χ2v) is 5.86. The number of rotatable bonds is 4. The molecular weight excluding hydrogens is 306 g/mol. The average molecular weight is 325 g/mol. The molecule has 7 heteroatoms. The number of aromatic nitrogens is 3. The summed E-state index contributed by atoms with van der Waals surface area (Å²) in [4.78, 5) is 17.7. The van der Waals surface area contributed by atoms with Crippen LogP contribution in [0.1, 0.15) is 18.4 Å². The zero-order valence-electron chi connectivity index (χ0n) is 13.6. The molecule has 0 saturated carbocycles. The molecule has 124 valence electrons. The lowest BCUT2D eigenvalue weighted by molar-refractivity contribution is 0.215. The van der Waals surface area contributed by atoms with Crippen LogP contribution < -0.4 is 15.2 Å². The molecule has 1 aliphatic heterocycles. The fourth-order valence-corrected chi connectivity index (χ4v) is 2.78. The second kappa shape index (κ2) is 7.13. The van der Waals surface area contributed by atoms with Gasteiger partial charge in [0.15, 0.2) is 0 Å². The molecule has 24 heavy (non-hydrogen) atoms. The van der Waals surface area contributed by atoms with E-state index in [1.807, 2.05) is 0 Å². The van der Waals surface area contributed by atoms with Gasteiger partial charge in [-0.3, -0.25) is 4.79 Å². The third kappa shape index (κ3) is 3.54. The predicted octanol–water partition coefficient (Wildman–Crippen LogP) is 1.34. The van der Waals surface area contributed by atoms with Crippen molar-refractivity contribution >= 4 is 5.82 Å². The molecule has 7 nitrogen and oxygen atoms in total. The van der Waals surface area contributed by atoms with Crippen LogP contribution in [0, 0.1) is 17.2 Å². The number of nitriles is 1. The highest BCUT2D eigenvalue weighted by molar-refractivity contribution is 5.38. The van der Waals surface area contributed by atoms with Gasteiger partial charge < -0.3 is 9.64 Å².